The number of benzene rings is 3. The monoisotopic (exact) mass is 340 g/mol. The molecule has 5 aromatic rings. The summed E-state index contributed by atoms with van der Waals surface area (Å²) >= 11 is 0. The van der Waals surface area contributed by atoms with Gasteiger partial charge in [0, 0.05) is 35.6 Å². The van der Waals surface area contributed by atoms with Crippen LogP contribution in [0.4, 0.5) is 0 Å². The molecule has 0 fully saturated rings. The molecule has 0 radical (unpaired) electrons. The molecular weight excluding hydrogens is 324 g/mol. The molecule has 0 atom stereocenters. The zero-order valence-corrected chi connectivity index (χ0v) is 14.5. The predicted octanol–water partition coefficient (Wildman–Crippen LogP) is 3.70. The highest BCUT2D eigenvalue weighted by Crippen LogP contribution is 2.24. The lowest BCUT2D eigenvalue weighted by atomic mass is 10.0. The van der Waals surface area contributed by atoms with E-state index >= 15 is 0 Å². The first-order valence-corrected chi connectivity index (χ1v) is 8.51. The number of aromatic nitrogens is 2. The highest BCUT2D eigenvalue weighted by Gasteiger charge is 2.14. The van der Waals surface area contributed by atoms with E-state index in [1.165, 1.54) is 0 Å². The normalized spacial score (nSPS) is 11.8. The molecule has 0 saturated carbocycles. The number of para-hydroxylation sites is 2. The molecule has 2 aromatic heterocycles. The van der Waals surface area contributed by atoms with Gasteiger partial charge in [0.1, 0.15) is 0 Å². The first-order valence-electron chi connectivity index (χ1n) is 8.51. The fourth-order valence-electron chi connectivity index (χ4n) is 3.96. The van der Waals surface area contributed by atoms with Crippen molar-refractivity contribution in [1.82, 2.24) is 9.13 Å². The minimum Gasteiger partial charge on any atom is -0.343 e. The fraction of sp³-hybridized carbons (Fsp3) is 0.0909. The molecule has 126 valence electrons. The largest absolute Gasteiger partial charge is 0.343 e. The molecule has 0 N–H and O–H groups in total. The van der Waals surface area contributed by atoms with Crippen LogP contribution in [0.5, 0.6) is 0 Å². The first kappa shape index (κ1) is 14.9. The molecule has 5 rings (SSSR count). The van der Waals surface area contributed by atoms with Crippen LogP contribution >= 0.6 is 0 Å². The van der Waals surface area contributed by atoms with E-state index in [1.807, 2.05) is 83.9 Å². The SMILES string of the molecule is Cn1c2ccccc2c(=O)c2cc3c(cc21)c(=O)c1ccccc1n3C. The topological polar surface area (TPSA) is 44.0 Å². The van der Waals surface area contributed by atoms with Crippen molar-refractivity contribution in [2.24, 2.45) is 14.1 Å². The number of hydrogen-bond donors (Lipinski definition) is 0. The van der Waals surface area contributed by atoms with Gasteiger partial charge in [-0.3, -0.25) is 9.59 Å². The average Bonchev–Trinajstić information content (AvgIpc) is 2.69. The standard InChI is InChI=1S/C22H16N2O2/c1-23-17-9-5-3-7-13(17)21(25)15-12-20-16(11-19(15)23)22(26)14-8-4-6-10-18(14)24(20)2/h3-12H,1-2H3. The summed E-state index contributed by atoms with van der Waals surface area (Å²) in [5, 5.41) is 2.63. The lowest BCUT2D eigenvalue weighted by Gasteiger charge is -2.14. The van der Waals surface area contributed by atoms with Crippen molar-refractivity contribution in [3.63, 3.8) is 0 Å². The summed E-state index contributed by atoms with van der Waals surface area (Å²) in [5.74, 6) is 0. The van der Waals surface area contributed by atoms with Crippen molar-refractivity contribution in [2.75, 3.05) is 0 Å². The third-order valence-corrected chi connectivity index (χ3v) is 5.35. The van der Waals surface area contributed by atoms with Gasteiger partial charge >= 0.3 is 0 Å². The van der Waals surface area contributed by atoms with Crippen molar-refractivity contribution < 1.29 is 0 Å². The lowest BCUT2D eigenvalue weighted by Crippen LogP contribution is -2.13. The van der Waals surface area contributed by atoms with Crippen LogP contribution < -0.4 is 10.9 Å². The third-order valence-electron chi connectivity index (χ3n) is 5.35. The second-order valence-corrected chi connectivity index (χ2v) is 6.70. The van der Waals surface area contributed by atoms with E-state index in [1.54, 1.807) is 0 Å². The van der Waals surface area contributed by atoms with Crippen LogP contribution in [-0.4, -0.2) is 9.13 Å². The highest BCUT2D eigenvalue weighted by atomic mass is 16.1. The lowest BCUT2D eigenvalue weighted by molar-refractivity contribution is 0.994. The number of pyridine rings is 2. The molecule has 3 aromatic carbocycles. The maximum Gasteiger partial charge on any atom is 0.197 e. The van der Waals surface area contributed by atoms with E-state index in [4.69, 9.17) is 0 Å². The third kappa shape index (κ3) is 1.78. The summed E-state index contributed by atoms with van der Waals surface area (Å²) < 4.78 is 3.97. The van der Waals surface area contributed by atoms with E-state index in [-0.39, 0.29) is 10.9 Å². The summed E-state index contributed by atoms with van der Waals surface area (Å²) in [6.45, 7) is 0. The minimum atomic E-state index is -0.00351. The summed E-state index contributed by atoms with van der Waals surface area (Å²) in [5.41, 5.74) is 3.26. The number of fused-ring (bicyclic) bond motifs is 4. The second kappa shape index (κ2) is 5.05. The Bertz CT molecular complexity index is 1370. The van der Waals surface area contributed by atoms with Crippen molar-refractivity contribution in [1.29, 1.82) is 0 Å². The van der Waals surface area contributed by atoms with E-state index in [2.05, 4.69) is 0 Å². The van der Waals surface area contributed by atoms with Gasteiger partial charge in [-0.05, 0) is 36.4 Å². The van der Waals surface area contributed by atoms with Gasteiger partial charge in [-0.15, -0.1) is 0 Å². The van der Waals surface area contributed by atoms with E-state index in [0.717, 1.165) is 22.1 Å². The van der Waals surface area contributed by atoms with Gasteiger partial charge in [-0.25, -0.2) is 0 Å². The highest BCUT2D eigenvalue weighted by molar-refractivity contribution is 6.03. The van der Waals surface area contributed by atoms with Gasteiger partial charge in [0.2, 0.25) is 0 Å². The second-order valence-electron chi connectivity index (χ2n) is 6.70. The Kier molecular flexibility index (Phi) is 2.89. The van der Waals surface area contributed by atoms with Crippen LogP contribution in [-0.2, 0) is 14.1 Å². The maximum atomic E-state index is 13.0. The van der Waals surface area contributed by atoms with Gasteiger partial charge < -0.3 is 9.13 Å². The molecule has 0 aliphatic rings. The molecule has 2 heterocycles. The van der Waals surface area contributed by atoms with Gasteiger partial charge in [0.25, 0.3) is 0 Å². The number of nitrogens with zero attached hydrogens (tertiary/aromatic N) is 2. The molecule has 26 heavy (non-hydrogen) atoms. The molecule has 0 spiro atoms. The quantitative estimate of drug-likeness (QED) is 0.404. The zero-order chi connectivity index (χ0) is 18.0. The molecule has 0 amide bonds. The van der Waals surface area contributed by atoms with Gasteiger partial charge in [0.05, 0.1) is 22.1 Å². The summed E-state index contributed by atoms with van der Waals surface area (Å²) in [7, 11) is 3.86. The smallest absolute Gasteiger partial charge is 0.197 e. The van der Waals surface area contributed by atoms with Crippen LogP contribution in [0, 0.1) is 0 Å². The maximum absolute atomic E-state index is 13.0. The Morgan fingerprint density at radius 3 is 1.35 bits per heavy atom. The molecule has 4 nitrogen and oxygen atoms in total. The summed E-state index contributed by atoms with van der Waals surface area (Å²) in [6, 6.07) is 18.8. The van der Waals surface area contributed by atoms with Gasteiger partial charge in [-0.2, -0.15) is 0 Å². The van der Waals surface area contributed by atoms with Crippen LogP contribution in [0.2, 0.25) is 0 Å². The minimum absolute atomic E-state index is 0.00351. The van der Waals surface area contributed by atoms with Gasteiger partial charge in [-0.1, -0.05) is 24.3 Å². The van der Waals surface area contributed by atoms with E-state index < -0.39 is 0 Å². The Hall–Kier alpha value is -3.40. The molecule has 0 aliphatic heterocycles. The van der Waals surface area contributed by atoms with Crippen LogP contribution in [0.15, 0.2) is 70.3 Å². The van der Waals surface area contributed by atoms with E-state index in [9.17, 15) is 9.59 Å². The first-order chi connectivity index (χ1) is 12.6. The molecular formula is C22H16N2O2. The zero-order valence-electron chi connectivity index (χ0n) is 14.5. The van der Waals surface area contributed by atoms with Crippen LogP contribution in [0.3, 0.4) is 0 Å². The van der Waals surface area contributed by atoms with Crippen LogP contribution in [0.1, 0.15) is 0 Å². The predicted molar refractivity (Wildman–Crippen MR) is 107 cm³/mol. The number of hydrogen-bond acceptors (Lipinski definition) is 2. The van der Waals surface area contributed by atoms with Crippen molar-refractivity contribution in [3.8, 4) is 0 Å². The number of rotatable bonds is 0. The summed E-state index contributed by atoms with van der Waals surface area (Å²) in [6.07, 6.45) is 0. The molecule has 0 aliphatic carbocycles. The van der Waals surface area contributed by atoms with Crippen LogP contribution in [0.25, 0.3) is 43.6 Å². The Balaban J connectivity index is 2.12. The Morgan fingerprint density at radius 2 is 0.923 bits per heavy atom. The summed E-state index contributed by atoms with van der Waals surface area (Å²) in [4.78, 5) is 26.1. The Labute approximate surface area is 148 Å². The molecule has 0 saturated heterocycles. The van der Waals surface area contributed by atoms with Gasteiger partial charge in [0.15, 0.2) is 10.9 Å². The molecule has 0 bridgehead atoms. The Morgan fingerprint density at radius 1 is 0.538 bits per heavy atom. The van der Waals surface area contributed by atoms with E-state index in [0.29, 0.717) is 21.5 Å². The average molecular weight is 340 g/mol. The number of aryl methyl sites for hydroxylation is 2. The molecule has 0 unspecified atom stereocenters. The van der Waals surface area contributed by atoms with Crippen molar-refractivity contribution in [2.45, 2.75) is 0 Å². The van der Waals surface area contributed by atoms with Crippen molar-refractivity contribution >= 4 is 43.6 Å². The fourth-order valence-corrected chi connectivity index (χ4v) is 3.96. The molecule has 4 heteroatoms. The van der Waals surface area contributed by atoms with Crippen molar-refractivity contribution in [3.05, 3.63) is 81.1 Å².